The van der Waals surface area contributed by atoms with Crippen LogP contribution < -0.4 is 0 Å². The quantitative estimate of drug-likeness (QED) is 0.684. The number of aromatic nitrogens is 4. The van der Waals surface area contributed by atoms with Crippen LogP contribution in [0.15, 0.2) is 30.3 Å². The number of nitriles is 1. The third kappa shape index (κ3) is 1.31. The molecule has 0 atom stereocenters. The van der Waals surface area contributed by atoms with Gasteiger partial charge in [-0.05, 0) is 12.1 Å². The summed E-state index contributed by atoms with van der Waals surface area (Å²) in [5.41, 5.74) is 2.90. The molecule has 2 aromatic heterocycles. The van der Waals surface area contributed by atoms with Gasteiger partial charge in [-0.2, -0.15) is 15.6 Å². The average molecular weight is 223 g/mol. The molecular formula is C12H9N5. The van der Waals surface area contributed by atoms with Crippen molar-refractivity contribution in [1.82, 2.24) is 20.0 Å². The molecule has 0 spiro atoms. The molecule has 0 saturated heterocycles. The van der Waals surface area contributed by atoms with Gasteiger partial charge < -0.3 is 4.57 Å². The van der Waals surface area contributed by atoms with Crippen LogP contribution in [0.25, 0.3) is 22.3 Å². The molecule has 0 bridgehead atoms. The van der Waals surface area contributed by atoms with Crippen LogP contribution in [0, 0.1) is 11.3 Å². The number of aromatic amines is 1. The molecule has 0 saturated carbocycles. The van der Waals surface area contributed by atoms with Gasteiger partial charge in [0.25, 0.3) is 0 Å². The summed E-state index contributed by atoms with van der Waals surface area (Å²) in [6, 6.07) is 12.1. The maximum atomic E-state index is 8.95. The number of fused-ring (bicyclic) bond motifs is 1. The van der Waals surface area contributed by atoms with E-state index >= 15 is 0 Å². The first-order chi connectivity index (χ1) is 8.31. The van der Waals surface area contributed by atoms with E-state index in [2.05, 4.69) is 15.4 Å². The molecule has 0 amide bonds. The summed E-state index contributed by atoms with van der Waals surface area (Å²) in [5.74, 6) is 0. The van der Waals surface area contributed by atoms with E-state index < -0.39 is 0 Å². The predicted octanol–water partition coefficient (Wildman–Crippen LogP) is 1.84. The first-order valence-electron chi connectivity index (χ1n) is 5.17. The van der Waals surface area contributed by atoms with E-state index in [1.807, 2.05) is 48.0 Å². The van der Waals surface area contributed by atoms with Crippen molar-refractivity contribution in [2.24, 2.45) is 7.05 Å². The SMILES string of the molecule is Cn1c(-c2n[nH]nc2C#N)cc2ccccc21. The summed E-state index contributed by atoms with van der Waals surface area (Å²) in [4.78, 5) is 0. The number of nitrogens with zero attached hydrogens (tertiary/aromatic N) is 4. The zero-order valence-electron chi connectivity index (χ0n) is 9.18. The molecule has 0 aliphatic heterocycles. The van der Waals surface area contributed by atoms with E-state index in [0.717, 1.165) is 16.6 Å². The largest absolute Gasteiger partial charge is 0.342 e. The molecule has 0 unspecified atom stereocenters. The number of aryl methyl sites for hydroxylation is 1. The molecule has 0 fully saturated rings. The standard InChI is InChI=1S/C12H9N5/c1-17-10-5-3-2-4-8(10)6-11(17)12-9(7-13)14-16-15-12/h2-6H,1H3,(H,14,15,16). The lowest BCUT2D eigenvalue weighted by molar-refractivity contribution is 0.926. The summed E-state index contributed by atoms with van der Waals surface area (Å²) in [7, 11) is 1.95. The number of H-pyrrole nitrogens is 1. The predicted molar refractivity (Wildman–Crippen MR) is 63.0 cm³/mol. The number of rotatable bonds is 1. The lowest BCUT2D eigenvalue weighted by atomic mass is 10.2. The monoisotopic (exact) mass is 223 g/mol. The van der Waals surface area contributed by atoms with Crippen LogP contribution >= 0.6 is 0 Å². The van der Waals surface area contributed by atoms with Crippen LogP contribution in [0.3, 0.4) is 0 Å². The van der Waals surface area contributed by atoms with Crippen LogP contribution in [0.1, 0.15) is 5.69 Å². The number of hydrogen-bond acceptors (Lipinski definition) is 3. The van der Waals surface area contributed by atoms with E-state index in [9.17, 15) is 0 Å². The molecule has 17 heavy (non-hydrogen) atoms. The Morgan fingerprint density at radius 3 is 2.88 bits per heavy atom. The van der Waals surface area contributed by atoms with Gasteiger partial charge in [-0.15, -0.1) is 5.10 Å². The Labute approximate surface area is 97.3 Å². The van der Waals surface area contributed by atoms with Gasteiger partial charge in [0.1, 0.15) is 11.8 Å². The molecule has 5 heteroatoms. The van der Waals surface area contributed by atoms with Gasteiger partial charge >= 0.3 is 0 Å². The molecule has 2 heterocycles. The second kappa shape index (κ2) is 3.46. The molecule has 3 rings (SSSR count). The highest BCUT2D eigenvalue weighted by molar-refractivity contribution is 5.86. The molecule has 0 aliphatic rings. The first-order valence-corrected chi connectivity index (χ1v) is 5.17. The lowest BCUT2D eigenvalue weighted by Crippen LogP contribution is -1.93. The fourth-order valence-corrected chi connectivity index (χ4v) is 2.00. The lowest BCUT2D eigenvalue weighted by Gasteiger charge is -2.00. The number of hydrogen-bond donors (Lipinski definition) is 1. The number of nitrogens with one attached hydrogen (secondary N) is 1. The van der Waals surface area contributed by atoms with Crippen molar-refractivity contribution >= 4 is 10.9 Å². The Balaban J connectivity index is 2.32. The Hall–Kier alpha value is -2.61. The van der Waals surface area contributed by atoms with Crippen molar-refractivity contribution in [2.45, 2.75) is 0 Å². The van der Waals surface area contributed by atoms with Crippen molar-refractivity contribution in [1.29, 1.82) is 5.26 Å². The molecule has 1 aromatic carbocycles. The van der Waals surface area contributed by atoms with Crippen molar-refractivity contribution in [2.75, 3.05) is 0 Å². The van der Waals surface area contributed by atoms with Crippen LogP contribution in [-0.2, 0) is 7.05 Å². The summed E-state index contributed by atoms with van der Waals surface area (Å²) < 4.78 is 2.01. The van der Waals surface area contributed by atoms with E-state index in [1.54, 1.807) is 0 Å². The topological polar surface area (TPSA) is 70.3 Å². The molecule has 0 radical (unpaired) electrons. The maximum Gasteiger partial charge on any atom is 0.191 e. The Bertz CT molecular complexity index is 729. The van der Waals surface area contributed by atoms with Gasteiger partial charge in [0, 0.05) is 18.0 Å². The normalized spacial score (nSPS) is 10.6. The van der Waals surface area contributed by atoms with Crippen molar-refractivity contribution in [3.05, 3.63) is 36.0 Å². The van der Waals surface area contributed by atoms with Gasteiger partial charge in [0.2, 0.25) is 0 Å². The molecule has 1 N–H and O–H groups in total. The van der Waals surface area contributed by atoms with E-state index in [4.69, 9.17) is 5.26 Å². The van der Waals surface area contributed by atoms with Crippen molar-refractivity contribution in [3.63, 3.8) is 0 Å². The third-order valence-corrected chi connectivity index (χ3v) is 2.85. The Kier molecular flexibility index (Phi) is 1.95. The smallest absolute Gasteiger partial charge is 0.191 e. The third-order valence-electron chi connectivity index (χ3n) is 2.85. The van der Waals surface area contributed by atoms with E-state index in [-0.39, 0.29) is 0 Å². The van der Waals surface area contributed by atoms with E-state index in [1.165, 1.54) is 0 Å². The van der Waals surface area contributed by atoms with Crippen LogP contribution in [0.5, 0.6) is 0 Å². The second-order valence-electron chi connectivity index (χ2n) is 3.78. The van der Waals surface area contributed by atoms with E-state index in [0.29, 0.717) is 11.4 Å². The average Bonchev–Trinajstić information content (AvgIpc) is 2.94. The van der Waals surface area contributed by atoms with Gasteiger partial charge in [-0.25, -0.2) is 0 Å². The highest BCUT2D eigenvalue weighted by Crippen LogP contribution is 2.26. The summed E-state index contributed by atoms with van der Waals surface area (Å²) in [6.07, 6.45) is 0. The minimum atomic E-state index is 0.316. The fraction of sp³-hybridized carbons (Fsp3) is 0.0833. The molecule has 82 valence electrons. The summed E-state index contributed by atoms with van der Waals surface area (Å²) in [6.45, 7) is 0. The Morgan fingerprint density at radius 2 is 2.12 bits per heavy atom. The van der Waals surface area contributed by atoms with Crippen LogP contribution in [0.2, 0.25) is 0 Å². The summed E-state index contributed by atoms with van der Waals surface area (Å²) >= 11 is 0. The Morgan fingerprint density at radius 1 is 1.29 bits per heavy atom. The second-order valence-corrected chi connectivity index (χ2v) is 3.78. The molecular weight excluding hydrogens is 214 g/mol. The highest BCUT2D eigenvalue weighted by Gasteiger charge is 2.14. The van der Waals surface area contributed by atoms with Gasteiger partial charge in [-0.1, -0.05) is 18.2 Å². The van der Waals surface area contributed by atoms with Crippen molar-refractivity contribution < 1.29 is 0 Å². The van der Waals surface area contributed by atoms with Gasteiger partial charge in [0.05, 0.1) is 5.69 Å². The molecule has 0 aliphatic carbocycles. The maximum absolute atomic E-state index is 8.95. The minimum Gasteiger partial charge on any atom is -0.342 e. The molecule has 5 nitrogen and oxygen atoms in total. The molecule has 3 aromatic rings. The number of para-hydroxylation sites is 1. The fourth-order valence-electron chi connectivity index (χ4n) is 2.00. The van der Waals surface area contributed by atoms with Gasteiger partial charge in [-0.3, -0.25) is 0 Å². The highest BCUT2D eigenvalue weighted by atomic mass is 15.3. The van der Waals surface area contributed by atoms with Crippen molar-refractivity contribution in [3.8, 4) is 17.5 Å². The summed E-state index contributed by atoms with van der Waals surface area (Å²) in [5, 5.41) is 20.4. The van der Waals surface area contributed by atoms with Gasteiger partial charge in [0.15, 0.2) is 5.69 Å². The zero-order valence-corrected chi connectivity index (χ0v) is 9.18. The van der Waals surface area contributed by atoms with Crippen LogP contribution in [-0.4, -0.2) is 20.0 Å². The first kappa shape index (κ1) is 9.60. The van der Waals surface area contributed by atoms with Crippen LogP contribution in [0.4, 0.5) is 0 Å². The zero-order chi connectivity index (χ0) is 11.8. The number of benzene rings is 1. The minimum absolute atomic E-state index is 0.316.